The minimum absolute atomic E-state index is 0.114. The number of amides is 1. The first kappa shape index (κ1) is 30.7. The van der Waals surface area contributed by atoms with Crippen molar-refractivity contribution in [1.29, 1.82) is 0 Å². The van der Waals surface area contributed by atoms with E-state index in [1.54, 1.807) is 0 Å². The zero-order chi connectivity index (χ0) is 28.4. The zero-order valence-electron chi connectivity index (χ0n) is 22.1. The Morgan fingerprint density at radius 1 is 0.769 bits per heavy atom. The average molecular weight is 650 g/mol. The first-order chi connectivity index (χ1) is 18.6. The number of aryl methyl sites for hydroxylation is 1. The normalized spacial score (nSPS) is 12.8. The summed E-state index contributed by atoms with van der Waals surface area (Å²) in [5.41, 5.74) is 11.4. The van der Waals surface area contributed by atoms with Gasteiger partial charge in [-0.05, 0) is 18.4 Å². The maximum atomic E-state index is 12.9. The summed E-state index contributed by atoms with van der Waals surface area (Å²) in [5.74, 6) is 0.314. The van der Waals surface area contributed by atoms with Crippen molar-refractivity contribution in [2.75, 3.05) is 0 Å². The van der Waals surface area contributed by atoms with Crippen molar-refractivity contribution in [3.63, 3.8) is 0 Å². The molecule has 0 radical (unpaired) electrons. The Bertz CT molecular complexity index is 1430. The van der Waals surface area contributed by atoms with Crippen LogP contribution in [0.4, 0.5) is 0 Å². The first-order valence-electron chi connectivity index (χ1n) is 12.5. The molecule has 0 bridgehead atoms. The molecule has 0 spiro atoms. The van der Waals surface area contributed by atoms with E-state index in [0.29, 0.717) is 11.5 Å². The van der Waals surface area contributed by atoms with Gasteiger partial charge in [-0.25, -0.2) is 0 Å². The van der Waals surface area contributed by atoms with Crippen LogP contribution in [0.3, 0.4) is 0 Å². The van der Waals surface area contributed by atoms with Crippen molar-refractivity contribution in [1.82, 2.24) is 5.32 Å². The fourth-order valence-electron chi connectivity index (χ4n) is 3.88. The van der Waals surface area contributed by atoms with Gasteiger partial charge in [-0.1, -0.05) is 49.7 Å². The van der Waals surface area contributed by atoms with Crippen LogP contribution in [-0.4, -0.2) is 14.3 Å². The number of nitrogens with two attached hydrogens (primary N) is 1. The molecule has 0 aromatic heterocycles. The molecule has 0 heterocycles. The van der Waals surface area contributed by atoms with Crippen LogP contribution in [0, 0.1) is 6.92 Å². The molecule has 8 heteroatoms. The molecule has 5 nitrogen and oxygen atoms in total. The predicted octanol–water partition coefficient (Wildman–Crippen LogP) is 6.90. The van der Waals surface area contributed by atoms with Crippen LogP contribution in [0.15, 0.2) is 114 Å². The van der Waals surface area contributed by atoms with E-state index < -0.39 is 34.8 Å². The molecule has 39 heavy (non-hydrogen) atoms. The van der Waals surface area contributed by atoms with Crippen LogP contribution < -0.4 is 11.1 Å². The van der Waals surface area contributed by atoms with E-state index >= 15 is 0 Å². The SMILES string of the molecule is Cc1ccc(C(C)C)cc1.N[C@@H](c1ccccc1)[C@@H](NC(=O)c1ccc([S](=O)(=O)[Ru][Cl])cc1)c1ccccc1. The van der Waals surface area contributed by atoms with E-state index in [9.17, 15) is 13.2 Å². The summed E-state index contributed by atoms with van der Waals surface area (Å²) in [6, 6.07) is 32.6. The van der Waals surface area contributed by atoms with Gasteiger partial charge < -0.3 is 0 Å². The second kappa shape index (κ2) is 14.5. The third-order valence-corrected chi connectivity index (χ3v) is 12.0. The van der Waals surface area contributed by atoms with E-state index in [2.05, 4.69) is 50.4 Å². The van der Waals surface area contributed by atoms with Crippen molar-refractivity contribution in [3.05, 3.63) is 137 Å². The Balaban J connectivity index is 0.000000353. The molecule has 4 aromatic carbocycles. The Hall–Kier alpha value is -2.83. The fourth-order valence-corrected chi connectivity index (χ4v) is 6.69. The molecule has 0 aliphatic heterocycles. The van der Waals surface area contributed by atoms with Gasteiger partial charge in [0.15, 0.2) is 0 Å². The van der Waals surface area contributed by atoms with Crippen molar-refractivity contribution < 1.29 is 28.1 Å². The second-order valence-electron chi connectivity index (χ2n) is 9.37. The Kier molecular flexibility index (Phi) is 11.4. The molecular formula is C31H33ClN2O3RuS. The van der Waals surface area contributed by atoms with Gasteiger partial charge in [-0.2, -0.15) is 0 Å². The molecule has 2 atom stereocenters. The van der Waals surface area contributed by atoms with Gasteiger partial charge >= 0.3 is 175 Å². The predicted molar refractivity (Wildman–Crippen MR) is 155 cm³/mol. The van der Waals surface area contributed by atoms with Gasteiger partial charge in [0.05, 0.1) is 0 Å². The van der Waals surface area contributed by atoms with Gasteiger partial charge in [0, 0.05) is 0 Å². The maximum absolute atomic E-state index is 12.9. The number of carbonyl (C=O) groups excluding carboxylic acids is 1. The molecule has 0 saturated heterocycles. The number of hydrogen-bond donors (Lipinski definition) is 2. The topological polar surface area (TPSA) is 89.3 Å². The van der Waals surface area contributed by atoms with Gasteiger partial charge in [-0.15, -0.1) is 0 Å². The summed E-state index contributed by atoms with van der Waals surface area (Å²) in [4.78, 5) is 13.0. The quantitative estimate of drug-likeness (QED) is 0.203. The third-order valence-electron chi connectivity index (χ3n) is 6.20. The number of carbonyl (C=O) groups is 1. The molecule has 0 unspecified atom stereocenters. The van der Waals surface area contributed by atoms with Gasteiger partial charge in [0.25, 0.3) is 0 Å². The molecule has 1 amide bonds. The molecular weight excluding hydrogens is 617 g/mol. The van der Waals surface area contributed by atoms with Crippen LogP contribution >= 0.6 is 9.69 Å². The number of nitrogens with one attached hydrogen (secondary N) is 1. The minimum atomic E-state index is -3.45. The van der Waals surface area contributed by atoms with Crippen LogP contribution in [0.1, 0.15) is 64.5 Å². The molecule has 206 valence electrons. The Morgan fingerprint density at radius 2 is 1.28 bits per heavy atom. The van der Waals surface area contributed by atoms with E-state index in [-0.39, 0.29) is 10.8 Å². The summed E-state index contributed by atoms with van der Waals surface area (Å²) in [7, 11) is 2.12. The summed E-state index contributed by atoms with van der Waals surface area (Å²) in [6.45, 7) is 6.54. The zero-order valence-corrected chi connectivity index (χ0v) is 25.4. The van der Waals surface area contributed by atoms with E-state index in [1.807, 2.05) is 60.7 Å². The molecule has 4 aromatic rings. The van der Waals surface area contributed by atoms with Crippen LogP contribution in [0.5, 0.6) is 0 Å². The monoisotopic (exact) mass is 650 g/mol. The molecule has 0 aliphatic carbocycles. The molecule has 0 saturated carbocycles. The van der Waals surface area contributed by atoms with Crippen molar-refractivity contribution in [2.24, 2.45) is 5.73 Å². The summed E-state index contributed by atoms with van der Waals surface area (Å²) >= 11 is -1.32. The second-order valence-corrected chi connectivity index (χ2v) is 16.3. The number of hydrogen-bond acceptors (Lipinski definition) is 4. The van der Waals surface area contributed by atoms with E-state index in [0.717, 1.165) is 11.1 Å². The summed E-state index contributed by atoms with van der Waals surface area (Å²) in [6.07, 6.45) is 0. The number of rotatable bonds is 8. The van der Waals surface area contributed by atoms with Gasteiger partial charge in [0.1, 0.15) is 0 Å². The van der Waals surface area contributed by atoms with Gasteiger partial charge in [0.2, 0.25) is 0 Å². The van der Waals surface area contributed by atoms with E-state index in [1.165, 1.54) is 35.4 Å². The molecule has 0 aliphatic rings. The summed E-state index contributed by atoms with van der Waals surface area (Å²) in [5, 5.41) is 2.99. The third kappa shape index (κ3) is 8.84. The molecule has 0 fully saturated rings. The fraction of sp³-hybridized carbons (Fsp3) is 0.194. The van der Waals surface area contributed by atoms with Crippen molar-refractivity contribution in [3.8, 4) is 0 Å². The van der Waals surface area contributed by atoms with E-state index in [4.69, 9.17) is 15.4 Å². The van der Waals surface area contributed by atoms with Crippen LogP contribution in [-0.2, 0) is 22.7 Å². The molecule has 4 rings (SSSR count). The molecule has 3 N–H and O–H groups in total. The average Bonchev–Trinajstić information content (AvgIpc) is 2.97. The van der Waals surface area contributed by atoms with Crippen molar-refractivity contribution >= 4 is 23.4 Å². The standard InChI is InChI=1S/C21H19N2O3S.C10H14.ClH.Ru/c22-19(15-7-3-1-4-8-15)20(16-9-5-2-6-10-16)23-21(24)17-11-13-18(14-12-17)27(25)26;1-8(2)10-6-4-9(3)5-7-10;;/h1-14,19-20H,22H2,(H,23,24);4-8H,1-3H3;1H;/q;;;+1/p-1/t19-,20-;;;/m0.../s1. The number of benzene rings is 4. The Morgan fingerprint density at radius 3 is 1.77 bits per heavy atom. The first-order valence-corrected chi connectivity index (χ1v) is 18.2. The number of halogens is 1. The van der Waals surface area contributed by atoms with Gasteiger partial charge in [-0.3, -0.25) is 0 Å². The van der Waals surface area contributed by atoms with Crippen molar-refractivity contribution in [2.45, 2.75) is 43.7 Å². The summed E-state index contributed by atoms with van der Waals surface area (Å²) < 4.78 is 23.8. The Labute approximate surface area is 242 Å². The van der Waals surface area contributed by atoms with Crippen LogP contribution in [0.2, 0.25) is 0 Å². The van der Waals surface area contributed by atoms with Crippen LogP contribution in [0.25, 0.3) is 0 Å².